The topological polar surface area (TPSA) is 58.6 Å². The van der Waals surface area contributed by atoms with Gasteiger partial charge in [-0.3, -0.25) is 9.59 Å². The van der Waals surface area contributed by atoms with E-state index in [1.807, 2.05) is 50.2 Å². The number of benzene rings is 2. The summed E-state index contributed by atoms with van der Waals surface area (Å²) in [5.41, 5.74) is 0.774. The number of nitrogens with one attached hydrogen (secondary N) is 1. The van der Waals surface area contributed by atoms with Crippen LogP contribution in [-0.4, -0.2) is 35.4 Å². The van der Waals surface area contributed by atoms with Gasteiger partial charge in [0, 0.05) is 17.6 Å². The second-order valence-electron chi connectivity index (χ2n) is 6.55. The van der Waals surface area contributed by atoms with E-state index in [0.29, 0.717) is 10.8 Å². The summed E-state index contributed by atoms with van der Waals surface area (Å²) in [6, 6.07) is 15.7. The van der Waals surface area contributed by atoms with Gasteiger partial charge in [0.25, 0.3) is 5.91 Å². The molecule has 2 aromatic rings. The van der Waals surface area contributed by atoms with Crippen molar-refractivity contribution in [2.75, 3.05) is 6.61 Å². The van der Waals surface area contributed by atoms with Gasteiger partial charge in [0.1, 0.15) is 11.8 Å². The fourth-order valence-electron chi connectivity index (χ4n) is 2.54. The third-order valence-corrected chi connectivity index (χ3v) is 4.37. The van der Waals surface area contributed by atoms with E-state index in [9.17, 15) is 9.59 Å². The van der Waals surface area contributed by atoms with E-state index in [2.05, 4.69) is 5.32 Å². The van der Waals surface area contributed by atoms with Gasteiger partial charge in [0.05, 0.1) is 0 Å². The lowest BCUT2D eigenvalue weighted by Crippen LogP contribution is -2.50. The number of nitrogens with zero attached hydrogens (tertiary/aromatic N) is 1. The molecule has 6 heteroatoms. The van der Waals surface area contributed by atoms with Gasteiger partial charge in [0.15, 0.2) is 6.61 Å². The van der Waals surface area contributed by atoms with E-state index in [1.165, 1.54) is 4.90 Å². The van der Waals surface area contributed by atoms with Crippen molar-refractivity contribution in [3.05, 3.63) is 65.2 Å². The lowest BCUT2D eigenvalue weighted by atomic mass is 10.1. The molecule has 0 aromatic heterocycles. The number of para-hydroxylation sites is 1. The Kier molecular flexibility index (Phi) is 7.67. The van der Waals surface area contributed by atoms with Crippen molar-refractivity contribution in [1.82, 2.24) is 10.2 Å². The van der Waals surface area contributed by atoms with Crippen LogP contribution in [0.15, 0.2) is 54.6 Å². The highest BCUT2D eigenvalue weighted by atomic mass is 35.5. The van der Waals surface area contributed by atoms with E-state index in [1.54, 1.807) is 25.1 Å². The molecule has 0 spiro atoms. The quantitative estimate of drug-likeness (QED) is 0.750. The van der Waals surface area contributed by atoms with Crippen LogP contribution in [0, 0.1) is 0 Å². The highest BCUT2D eigenvalue weighted by Gasteiger charge is 2.27. The number of carbonyl (C=O) groups excluding carboxylic acids is 2. The number of carbonyl (C=O) groups is 2. The summed E-state index contributed by atoms with van der Waals surface area (Å²) in [4.78, 5) is 26.8. The van der Waals surface area contributed by atoms with Crippen LogP contribution in [0.3, 0.4) is 0 Å². The van der Waals surface area contributed by atoms with Crippen molar-refractivity contribution < 1.29 is 14.3 Å². The summed E-state index contributed by atoms with van der Waals surface area (Å²) >= 11 is 6.24. The Morgan fingerprint density at radius 3 is 2.30 bits per heavy atom. The Balaban J connectivity index is 2.15. The highest BCUT2D eigenvalue weighted by Crippen LogP contribution is 2.19. The van der Waals surface area contributed by atoms with Crippen molar-refractivity contribution in [2.24, 2.45) is 0 Å². The molecule has 0 aliphatic carbocycles. The SMILES string of the molecule is CC(C)NC(=O)[C@H](C)N(Cc1ccccc1Cl)C(=O)COc1ccccc1. The lowest BCUT2D eigenvalue weighted by molar-refractivity contribution is -0.142. The first kappa shape index (κ1) is 20.8. The number of hydrogen-bond donors (Lipinski definition) is 1. The van der Waals surface area contributed by atoms with E-state index in [0.717, 1.165) is 5.56 Å². The van der Waals surface area contributed by atoms with Gasteiger partial charge in [-0.25, -0.2) is 0 Å². The standard InChI is InChI=1S/C21H25ClN2O3/c1-15(2)23-21(26)16(3)24(13-17-9-7-8-12-19(17)22)20(25)14-27-18-10-5-4-6-11-18/h4-12,15-16H,13-14H2,1-3H3,(H,23,26)/t16-/m0/s1. The fraction of sp³-hybridized carbons (Fsp3) is 0.333. The van der Waals surface area contributed by atoms with Crippen molar-refractivity contribution in [3.8, 4) is 5.75 Å². The predicted molar refractivity (Wildman–Crippen MR) is 107 cm³/mol. The number of amides is 2. The van der Waals surface area contributed by atoms with E-state index < -0.39 is 6.04 Å². The molecule has 2 amide bonds. The second-order valence-corrected chi connectivity index (χ2v) is 6.96. The van der Waals surface area contributed by atoms with Crippen LogP contribution >= 0.6 is 11.6 Å². The van der Waals surface area contributed by atoms with Crippen molar-refractivity contribution in [2.45, 2.75) is 39.4 Å². The Labute approximate surface area is 165 Å². The average Bonchev–Trinajstić information content (AvgIpc) is 2.65. The van der Waals surface area contributed by atoms with Crippen molar-refractivity contribution in [3.63, 3.8) is 0 Å². The minimum absolute atomic E-state index is 0.0159. The zero-order chi connectivity index (χ0) is 19.8. The lowest BCUT2D eigenvalue weighted by Gasteiger charge is -2.29. The molecule has 1 N–H and O–H groups in total. The zero-order valence-electron chi connectivity index (χ0n) is 15.8. The Hall–Kier alpha value is -2.53. The first-order chi connectivity index (χ1) is 12.9. The van der Waals surface area contributed by atoms with Crippen LogP contribution in [0.25, 0.3) is 0 Å². The summed E-state index contributed by atoms with van der Waals surface area (Å²) in [7, 11) is 0. The third-order valence-electron chi connectivity index (χ3n) is 4.00. The largest absolute Gasteiger partial charge is 0.484 e. The first-order valence-corrected chi connectivity index (χ1v) is 9.27. The molecule has 2 aromatic carbocycles. The van der Waals surface area contributed by atoms with Crippen LogP contribution in [0.1, 0.15) is 26.3 Å². The molecular formula is C21H25ClN2O3. The summed E-state index contributed by atoms with van der Waals surface area (Å²) in [5.74, 6) is 0.0955. The Bertz CT molecular complexity index is 765. The van der Waals surface area contributed by atoms with Crippen molar-refractivity contribution in [1.29, 1.82) is 0 Å². The molecule has 0 radical (unpaired) electrons. The summed E-state index contributed by atoms with van der Waals surface area (Å²) in [5, 5.41) is 3.40. The number of ether oxygens (including phenoxy) is 1. The molecular weight excluding hydrogens is 364 g/mol. The van der Waals surface area contributed by atoms with Crippen LogP contribution in [0.5, 0.6) is 5.75 Å². The molecule has 0 saturated heterocycles. The van der Waals surface area contributed by atoms with Gasteiger partial charge >= 0.3 is 0 Å². The van der Waals surface area contributed by atoms with Gasteiger partial charge in [0.2, 0.25) is 5.91 Å². The minimum Gasteiger partial charge on any atom is -0.484 e. The highest BCUT2D eigenvalue weighted by molar-refractivity contribution is 6.31. The maximum atomic E-state index is 12.8. The minimum atomic E-state index is -0.657. The van der Waals surface area contributed by atoms with Crippen LogP contribution in [0.2, 0.25) is 5.02 Å². The summed E-state index contributed by atoms with van der Waals surface area (Å²) in [6.07, 6.45) is 0. The second kappa shape index (κ2) is 9.97. The molecule has 0 fully saturated rings. The molecule has 0 aliphatic rings. The van der Waals surface area contributed by atoms with Gasteiger partial charge in [-0.1, -0.05) is 48.0 Å². The molecule has 0 unspecified atom stereocenters. The van der Waals surface area contributed by atoms with Gasteiger partial charge in [-0.05, 0) is 44.5 Å². The van der Waals surface area contributed by atoms with Crippen molar-refractivity contribution >= 4 is 23.4 Å². The summed E-state index contributed by atoms with van der Waals surface area (Å²) < 4.78 is 5.57. The number of rotatable bonds is 8. The van der Waals surface area contributed by atoms with E-state index in [4.69, 9.17) is 16.3 Å². The molecule has 0 saturated carbocycles. The van der Waals surface area contributed by atoms with Crippen LogP contribution in [-0.2, 0) is 16.1 Å². The third kappa shape index (κ3) is 6.29. The maximum Gasteiger partial charge on any atom is 0.261 e. The zero-order valence-corrected chi connectivity index (χ0v) is 16.6. The monoisotopic (exact) mass is 388 g/mol. The van der Waals surface area contributed by atoms with Crippen LogP contribution < -0.4 is 10.1 Å². The van der Waals surface area contributed by atoms with Crippen LogP contribution in [0.4, 0.5) is 0 Å². The smallest absolute Gasteiger partial charge is 0.261 e. The molecule has 5 nitrogen and oxygen atoms in total. The molecule has 0 heterocycles. The fourth-order valence-corrected chi connectivity index (χ4v) is 2.74. The predicted octanol–water partition coefficient (Wildman–Crippen LogP) is 3.66. The normalized spacial score (nSPS) is 11.7. The van der Waals surface area contributed by atoms with E-state index >= 15 is 0 Å². The number of hydrogen-bond acceptors (Lipinski definition) is 3. The Morgan fingerprint density at radius 1 is 1.04 bits per heavy atom. The first-order valence-electron chi connectivity index (χ1n) is 8.89. The summed E-state index contributed by atoms with van der Waals surface area (Å²) in [6.45, 7) is 5.53. The average molecular weight is 389 g/mol. The molecule has 2 rings (SSSR count). The van der Waals surface area contributed by atoms with Gasteiger partial charge in [-0.2, -0.15) is 0 Å². The van der Waals surface area contributed by atoms with Gasteiger partial charge in [-0.15, -0.1) is 0 Å². The molecule has 0 bridgehead atoms. The van der Waals surface area contributed by atoms with E-state index in [-0.39, 0.29) is 31.0 Å². The Morgan fingerprint density at radius 2 is 1.67 bits per heavy atom. The van der Waals surface area contributed by atoms with Gasteiger partial charge < -0.3 is 15.0 Å². The maximum absolute atomic E-state index is 12.8. The molecule has 144 valence electrons. The molecule has 0 aliphatic heterocycles. The molecule has 27 heavy (non-hydrogen) atoms. The molecule has 1 atom stereocenters. The number of halogens is 1.